The van der Waals surface area contributed by atoms with Crippen LogP contribution in [0.4, 0.5) is 0 Å². The van der Waals surface area contributed by atoms with Crippen LogP contribution in [0.2, 0.25) is 0 Å². The Bertz CT molecular complexity index is 266. The van der Waals surface area contributed by atoms with Crippen molar-refractivity contribution in [2.75, 3.05) is 20.6 Å². The molecular formula is C11H24N4O2. The van der Waals surface area contributed by atoms with E-state index in [-0.39, 0.29) is 18.4 Å². The summed E-state index contributed by atoms with van der Waals surface area (Å²) in [5, 5.41) is 2.84. The van der Waals surface area contributed by atoms with Crippen molar-refractivity contribution in [3.05, 3.63) is 0 Å². The maximum atomic E-state index is 11.7. The molecule has 0 aliphatic carbocycles. The van der Waals surface area contributed by atoms with E-state index in [0.29, 0.717) is 5.92 Å². The number of hydrogen-bond donors (Lipinski definition) is 3. The Morgan fingerprint density at radius 3 is 2.18 bits per heavy atom. The molecule has 100 valence electrons. The Balaban J connectivity index is 4.34. The summed E-state index contributed by atoms with van der Waals surface area (Å²) in [5.41, 5.74) is 10.6. The second kappa shape index (κ2) is 7.24. The predicted octanol–water partition coefficient (Wildman–Crippen LogP) is -1.11. The second-order valence-electron chi connectivity index (χ2n) is 4.90. The molecule has 0 rings (SSSR count). The van der Waals surface area contributed by atoms with Gasteiger partial charge in [-0.1, -0.05) is 13.8 Å². The molecule has 0 spiro atoms. The van der Waals surface area contributed by atoms with E-state index in [2.05, 4.69) is 5.32 Å². The zero-order chi connectivity index (χ0) is 13.6. The molecule has 0 radical (unpaired) electrons. The zero-order valence-electron chi connectivity index (χ0n) is 11.1. The van der Waals surface area contributed by atoms with Crippen LogP contribution in [-0.4, -0.2) is 49.4 Å². The van der Waals surface area contributed by atoms with E-state index in [0.717, 1.165) is 6.54 Å². The van der Waals surface area contributed by atoms with Gasteiger partial charge >= 0.3 is 0 Å². The van der Waals surface area contributed by atoms with Crippen molar-refractivity contribution in [1.82, 2.24) is 10.2 Å². The molecule has 0 bridgehead atoms. The van der Waals surface area contributed by atoms with Gasteiger partial charge in [-0.05, 0) is 20.0 Å². The fraction of sp³-hybridized carbons (Fsp3) is 0.818. The van der Waals surface area contributed by atoms with Crippen LogP contribution in [0.1, 0.15) is 20.3 Å². The lowest BCUT2D eigenvalue weighted by Crippen LogP contribution is -2.51. The number of likely N-dealkylation sites (N-methyl/N-ethyl adjacent to an activating group) is 1. The van der Waals surface area contributed by atoms with E-state index in [1.165, 1.54) is 0 Å². The molecule has 0 heterocycles. The summed E-state index contributed by atoms with van der Waals surface area (Å²) < 4.78 is 0. The Hall–Kier alpha value is -1.14. The minimum atomic E-state index is -0.865. The number of carbonyl (C=O) groups is 2. The molecule has 17 heavy (non-hydrogen) atoms. The molecule has 0 aromatic carbocycles. The summed E-state index contributed by atoms with van der Waals surface area (Å²) in [6.45, 7) is 4.77. The van der Waals surface area contributed by atoms with E-state index in [4.69, 9.17) is 11.5 Å². The highest BCUT2D eigenvalue weighted by Crippen LogP contribution is 2.03. The lowest BCUT2D eigenvalue weighted by molar-refractivity contribution is -0.127. The number of primary amides is 1. The number of amides is 2. The molecule has 2 amide bonds. The highest BCUT2D eigenvalue weighted by atomic mass is 16.2. The van der Waals surface area contributed by atoms with Crippen LogP contribution >= 0.6 is 0 Å². The van der Waals surface area contributed by atoms with Crippen LogP contribution in [0.5, 0.6) is 0 Å². The van der Waals surface area contributed by atoms with E-state index in [1.54, 1.807) is 0 Å². The lowest BCUT2D eigenvalue weighted by Gasteiger charge is -2.26. The van der Waals surface area contributed by atoms with Gasteiger partial charge < -0.3 is 21.7 Å². The first-order valence-electron chi connectivity index (χ1n) is 5.73. The molecule has 6 nitrogen and oxygen atoms in total. The largest absolute Gasteiger partial charge is 0.370 e. The number of hydrogen-bond acceptors (Lipinski definition) is 4. The molecule has 2 unspecified atom stereocenters. The Morgan fingerprint density at radius 2 is 1.82 bits per heavy atom. The molecule has 0 aliphatic heterocycles. The fourth-order valence-corrected chi connectivity index (χ4v) is 1.42. The third-order valence-electron chi connectivity index (χ3n) is 2.45. The van der Waals surface area contributed by atoms with Crippen molar-refractivity contribution in [2.24, 2.45) is 17.4 Å². The molecular weight excluding hydrogens is 220 g/mol. The van der Waals surface area contributed by atoms with Crippen molar-refractivity contribution in [3.8, 4) is 0 Å². The number of nitrogens with two attached hydrogens (primary N) is 2. The average molecular weight is 244 g/mol. The smallest absolute Gasteiger partial charge is 0.237 e. The topological polar surface area (TPSA) is 101 Å². The van der Waals surface area contributed by atoms with Gasteiger partial charge in [0.2, 0.25) is 11.8 Å². The monoisotopic (exact) mass is 244 g/mol. The summed E-state index contributed by atoms with van der Waals surface area (Å²) in [6, 6.07) is -0.854. The van der Waals surface area contributed by atoms with Gasteiger partial charge in [0.1, 0.15) is 0 Å². The van der Waals surface area contributed by atoms with Crippen molar-refractivity contribution < 1.29 is 9.59 Å². The zero-order valence-corrected chi connectivity index (χ0v) is 11.1. The quantitative estimate of drug-likeness (QED) is 0.528. The van der Waals surface area contributed by atoms with E-state index >= 15 is 0 Å². The van der Waals surface area contributed by atoms with Gasteiger partial charge in [0.25, 0.3) is 0 Å². The molecule has 0 fully saturated rings. The first-order chi connectivity index (χ1) is 7.73. The number of nitrogens with zero attached hydrogens (tertiary/aromatic N) is 1. The Morgan fingerprint density at radius 1 is 1.29 bits per heavy atom. The van der Waals surface area contributed by atoms with Crippen LogP contribution in [0.25, 0.3) is 0 Å². The van der Waals surface area contributed by atoms with Crippen LogP contribution in [-0.2, 0) is 9.59 Å². The summed E-state index contributed by atoms with van der Waals surface area (Å²) in [4.78, 5) is 24.4. The van der Waals surface area contributed by atoms with Crippen LogP contribution < -0.4 is 16.8 Å². The highest BCUT2D eigenvalue weighted by molar-refractivity contribution is 5.87. The van der Waals surface area contributed by atoms with Gasteiger partial charge in [-0.2, -0.15) is 0 Å². The normalized spacial score (nSPS) is 14.8. The second-order valence-corrected chi connectivity index (χ2v) is 4.90. The maximum absolute atomic E-state index is 11.7. The van der Waals surface area contributed by atoms with Crippen molar-refractivity contribution in [2.45, 2.75) is 32.4 Å². The predicted molar refractivity (Wildman–Crippen MR) is 67.1 cm³/mol. The molecule has 0 aromatic heterocycles. The SMILES string of the molecule is CC(C)C(CN(C)C)NC(=O)C(N)CC(N)=O. The molecule has 6 heteroatoms. The molecule has 0 saturated carbocycles. The van der Waals surface area contributed by atoms with Crippen LogP contribution in [0.15, 0.2) is 0 Å². The van der Waals surface area contributed by atoms with Gasteiger partial charge in [-0.15, -0.1) is 0 Å². The van der Waals surface area contributed by atoms with Gasteiger partial charge in [0, 0.05) is 12.6 Å². The molecule has 5 N–H and O–H groups in total. The maximum Gasteiger partial charge on any atom is 0.237 e. The van der Waals surface area contributed by atoms with E-state index in [9.17, 15) is 9.59 Å². The molecule has 2 atom stereocenters. The van der Waals surface area contributed by atoms with Gasteiger partial charge in [-0.25, -0.2) is 0 Å². The van der Waals surface area contributed by atoms with Crippen molar-refractivity contribution >= 4 is 11.8 Å². The number of nitrogens with one attached hydrogen (secondary N) is 1. The minimum absolute atomic E-state index is 0.0106. The molecule has 0 aromatic rings. The first kappa shape index (κ1) is 15.9. The standard InChI is InChI=1S/C11H24N4O2/c1-7(2)9(6-15(3)4)14-11(17)8(12)5-10(13)16/h7-9H,5-6,12H2,1-4H3,(H2,13,16)(H,14,17). The van der Waals surface area contributed by atoms with Gasteiger partial charge in [0.15, 0.2) is 0 Å². The van der Waals surface area contributed by atoms with Crippen LogP contribution in [0, 0.1) is 5.92 Å². The minimum Gasteiger partial charge on any atom is -0.370 e. The van der Waals surface area contributed by atoms with Gasteiger partial charge in [0.05, 0.1) is 12.5 Å². The lowest BCUT2D eigenvalue weighted by atomic mass is 10.0. The molecule has 0 aliphatic rings. The fourth-order valence-electron chi connectivity index (χ4n) is 1.42. The summed E-state index contributed by atoms with van der Waals surface area (Å²) in [7, 11) is 3.87. The average Bonchev–Trinajstić information content (AvgIpc) is 2.14. The first-order valence-corrected chi connectivity index (χ1v) is 5.73. The van der Waals surface area contributed by atoms with Crippen molar-refractivity contribution in [3.63, 3.8) is 0 Å². The number of carbonyl (C=O) groups excluding carboxylic acids is 2. The Kier molecular flexibility index (Phi) is 6.75. The summed E-state index contributed by atoms with van der Waals surface area (Å²) >= 11 is 0. The van der Waals surface area contributed by atoms with E-state index < -0.39 is 11.9 Å². The third kappa shape index (κ3) is 6.91. The van der Waals surface area contributed by atoms with Crippen molar-refractivity contribution in [1.29, 1.82) is 0 Å². The third-order valence-corrected chi connectivity index (χ3v) is 2.45. The summed E-state index contributed by atoms with van der Waals surface area (Å²) in [5.74, 6) is -0.604. The van der Waals surface area contributed by atoms with Gasteiger partial charge in [-0.3, -0.25) is 9.59 Å². The highest BCUT2D eigenvalue weighted by Gasteiger charge is 2.21. The number of rotatable bonds is 7. The Labute approximate surface area is 103 Å². The molecule has 0 saturated heterocycles. The van der Waals surface area contributed by atoms with Crippen LogP contribution in [0.3, 0.4) is 0 Å². The summed E-state index contributed by atoms with van der Waals surface area (Å²) in [6.07, 6.45) is -0.126. The van der Waals surface area contributed by atoms with E-state index in [1.807, 2.05) is 32.8 Å².